The van der Waals surface area contributed by atoms with Crippen molar-refractivity contribution >= 4 is 11.7 Å². The number of rotatable bonds is 5. The number of anilines is 1. The van der Waals surface area contributed by atoms with Crippen LogP contribution in [0, 0.1) is 23.7 Å². The molecule has 134 valence electrons. The summed E-state index contributed by atoms with van der Waals surface area (Å²) in [7, 11) is 0. The summed E-state index contributed by atoms with van der Waals surface area (Å²) in [6.45, 7) is 6.17. The van der Waals surface area contributed by atoms with E-state index < -0.39 is 5.91 Å². The van der Waals surface area contributed by atoms with E-state index in [4.69, 9.17) is 16.2 Å². The molecule has 0 bridgehead atoms. The number of primary amides is 1. The molecule has 6 nitrogen and oxygen atoms in total. The Labute approximate surface area is 152 Å². The molecule has 1 unspecified atom stereocenters. The van der Waals surface area contributed by atoms with Crippen molar-refractivity contribution in [3.63, 3.8) is 0 Å². The Balaban J connectivity index is 2.11. The highest BCUT2D eigenvalue weighted by atomic mass is 16.5. The lowest BCUT2D eigenvalue weighted by molar-refractivity contribution is -0.119. The second-order valence-electron chi connectivity index (χ2n) is 7.40. The molecule has 6 heteroatoms. The van der Waals surface area contributed by atoms with Crippen molar-refractivity contribution in [2.45, 2.75) is 33.1 Å². The summed E-state index contributed by atoms with van der Waals surface area (Å²) in [5.74, 6) is 0.545. The molecular formula is C20H22N4O2. The van der Waals surface area contributed by atoms with Crippen molar-refractivity contribution in [2.24, 2.45) is 11.1 Å². The van der Waals surface area contributed by atoms with Gasteiger partial charge in [0.15, 0.2) is 6.61 Å². The third-order valence-corrected chi connectivity index (χ3v) is 4.97. The van der Waals surface area contributed by atoms with Crippen LogP contribution in [0.15, 0.2) is 24.3 Å². The molecule has 0 aliphatic heterocycles. The molecule has 0 radical (unpaired) electrons. The number of pyridine rings is 1. The number of nitrogens with two attached hydrogens (primary N) is 2. The Morgan fingerprint density at radius 1 is 1.46 bits per heavy atom. The number of hydrogen-bond donors (Lipinski definition) is 2. The van der Waals surface area contributed by atoms with Gasteiger partial charge in [0.05, 0.1) is 5.69 Å². The molecule has 1 saturated carbocycles. The van der Waals surface area contributed by atoms with Gasteiger partial charge in [0, 0.05) is 11.5 Å². The van der Waals surface area contributed by atoms with Gasteiger partial charge in [0.25, 0.3) is 5.91 Å². The Hall–Kier alpha value is -3.07. The van der Waals surface area contributed by atoms with Gasteiger partial charge < -0.3 is 16.2 Å². The Kier molecular flexibility index (Phi) is 4.33. The summed E-state index contributed by atoms with van der Waals surface area (Å²) in [5.41, 5.74) is 15.3. The van der Waals surface area contributed by atoms with E-state index in [0.717, 1.165) is 28.8 Å². The zero-order valence-corrected chi connectivity index (χ0v) is 15.2. The number of hydrogen-bond acceptors (Lipinski definition) is 5. The summed E-state index contributed by atoms with van der Waals surface area (Å²) in [4.78, 5) is 15.5. The highest BCUT2D eigenvalue weighted by Crippen LogP contribution is 2.59. The normalized spacial score (nSPS) is 17.4. The molecule has 1 aromatic heterocycles. The average molecular weight is 350 g/mol. The lowest BCUT2D eigenvalue weighted by atomic mass is 9.92. The maximum absolute atomic E-state index is 10.9. The van der Waals surface area contributed by atoms with Gasteiger partial charge in [0.2, 0.25) is 0 Å². The average Bonchev–Trinajstić information content (AvgIpc) is 3.22. The zero-order chi connectivity index (χ0) is 19.1. The first-order chi connectivity index (χ1) is 12.2. The van der Waals surface area contributed by atoms with E-state index in [9.17, 15) is 10.1 Å². The molecule has 3 rings (SSSR count). The minimum atomic E-state index is -0.546. The first-order valence-corrected chi connectivity index (χ1v) is 8.46. The van der Waals surface area contributed by atoms with Crippen LogP contribution < -0.4 is 16.2 Å². The molecule has 1 aliphatic carbocycles. The number of aromatic nitrogens is 1. The van der Waals surface area contributed by atoms with Gasteiger partial charge >= 0.3 is 0 Å². The third-order valence-electron chi connectivity index (χ3n) is 4.97. The Bertz CT molecular complexity index is 928. The van der Waals surface area contributed by atoms with E-state index >= 15 is 0 Å². The molecule has 2 aromatic rings. The van der Waals surface area contributed by atoms with Gasteiger partial charge in [-0.05, 0) is 42.0 Å². The predicted octanol–water partition coefficient (Wildman–Crippen LogP) is 2.89. The fraction of sp³-hybridized carbons (Fsp3) is 0.350. The predicted molar refractivity (Wildman–Crippen MR) is 99.4 cm³/mol. The van der Waals surface area contributed by atoms with E-state index in [0.29, 0.717) is 17.2 Å². The molecule has 4 N–H and O–H groups in total. The number of benzene rings is 1. The van der Waals surface area contributed by atoms with Gasteiger partial charge in [0.1, 0.15) is 23.2 Å². The van der Waals surface area contributed by atoms with E-state index in [1.807, 2.05) is 19.1 Å². The standard InChI is InChI=1S/C20H22N4O2/c1-11-17(12-5-4-6-13(7-12)26-10-16(22)25)14(9-21)19(23)24-18(11)15-8-20(15,2)3/h4-7,15H,8,10H2,1-3H3,(H2,22,25)(H2,23,24). The maximum Gasteiger partial charge on any atom is 0.255 e. The van der Waals surface area contributed by atoms with Crippen LogP contribution >= 0.6 is 0 Å². The van der Waals surface area contributed by atoms with Gasteiger partial charge in [-0.25, -0.2) is 4.98 Å². The van der Waals surface area contributed by atoms with E-state index in [-0.39, 0.29) is 17.8 Å². The van der Waals surface area contributed by atoms with Gasteiger partial charge in [-0.1, -0.05) is 26.0 Å². The lowest BCUT2D eigenvalue weighted by Gasteiger charge is -2.16. The quantitative estimate of drug-likeness (QED) is 0.860. The van der Waals surface area contributed by atoms with Crippen LogP contribution in [0.2, 0.25) is 0 Å². The third kappa shape index (κ3) is 3.21. The number of nitriles is 1. The zero-order valence-electron chi connectivity index (χ0n) is 15.2. The number of amides is 1. The van der Waals surface area contributed by atoms with Crippen molar-refractivity contribution in [1.29, 1.82) is 5.26 Å². The van der Waals surface area contributed by atoms with E-state index in [1.165, 1.54) is 0 Å². The number of nitrogen functional groups attached to an aromatic ring is 1. The fourth-order valence-electron chi connectivity index (χ4n) is 3.36. The maximum atomic E-state index is 10.9. The van der Waals surface area contributed by atoms with Crippen LogP contribution in [0.1, 0.15) is 43.0 Å². The first kappa shape index (κ1) is 17.7. The first-order valence-electron chi connectivity index (χ1n) is 8.46. The van der Waals surface area contributed by atoms with Crippen molar-refractivity contribution in [3.05, 3.63) is 41.1 Å². The smallest absolute Gasteiger partial charge is 0.255 e. The molecule has 1 amide bonds. The summed E-state index contributed by atoms with van der Waals surface area (Å²) in [5, 5.41) is 9.62. The van der Waals surface area contributed by atoms with Crippen LogP contribution in [0.5, 0.6) is 5.75 Å². The summed E-state index contributed by atoms with van der Waals surface area (Å²) in [6, 6.07) is 9.40. The molecule has 1 atom stereocenters. The minimum Gasteiger partial charge on any atom is -0.484 e. The monoisotopic (exact) mass is 350 g/mol. The van der Waals surface area contributed by atoms with Gasteiger partial charge in [-0.3, -0.25) is 4.79 Å². The highest BCUT2D eigenvalue weighted by molar-refractivity contribution is 5.80. The van der Waals surface area contributed by atoms with Crippen molar-refractivity contribution in [3.8, 4) is 22.9 Å². The van der Waals surface area contributed by atoms with E-state index in [1.54, 1.807) is 12.1 Å². The molecular weight excluding hydrogens is 328 g/mol. The van der Waals surface area contributed by atoms with E-state index in [2.05, 4.69) is 24.9 Å². The summed E-state index contributed by atoms with van der Waals surface area (Å²) >= 11 is 0. The number of nitrogens with zero attached hydrogens (tertiary/aromatic N) is 2. The van der Waals surface area contributed by atoms with Crippen LogP contribution in [-0.2, 0) is 4.79 Å². The van der Waals surface area contributed by atoms with Crippen molar-refractivity contribution in [2.75, 3.05) is 12.3 Å². The number of carbonyl (C=O) groups is 1. The minimum absolute atomic E-state index is 0.197. The SMILES string of the molecule is Cc1c(C2CC2(C)C)nc(N)c(C#N)c1-c1cccc(OCC(N)=O)c1. The van der Waals surface area contributed by atoms with Crippen LogP contribution in [0.3, 0.4) is 0 Å². The molecule has 0 saturated heterocycles. The molecule has 1 aromatic carbocycles. The van der Waals surface area contributed by atoms with Crippen LogP contribution in [0.4, 0.5) is 5.82 Å². The van der Waals surface area contributed by atoms with Crippen LogP contribution in [0.25, 0.3) is 11.1 Å². The van der Waals surface area contributed by atoms with Gasteiger partial charge in [-0.15, -0.1) is 0 Å². The second-order valence-corrected chi connectivity index (χ2v) is 7.40. The molecule has 1 aliphatic rings. The summed E-state index contributed by atoms with van der Waals surface area (Å²) in [6.07, 6.45) is 1.05. The van der Waals surface area contributed by atoms with Crippen molar-refractivity contribution in [1.82, 2.24) is 4.98 Å². The van der Waals surface area contributed by atoms with Gasteiger partial charge in [-0.2, -0.15) is 5.26 Å². The number of carbonyl (C=O) groups excluding carboxylic acids is 1. The second kappa shape index (κ2) is 6.34. The van der Waals surface area contributed by atoms with Crippen molar-refractivity contribution < 1.29 is 9.53 Å². The molecule has 1 fully saturated rings. The molecule has 0 spiro atoms. The highest BCUT2D eigenvalue weighted by Gasteiger charge is 2.48. The van der Waals surface area contributed by atoms with Crippen LogP contribution in [-0.4, -0.2) is 17.5 Å². The fourth-order valence-corrected chi connectivity index (χ4v) is 3.36. The molecule has 1 heterocycles. The Morgan fingerprint density at radius 2 is 2.15 bits per heavy atom. The molecule has 26 heavy (non-hydrogen) atoms. The largest absolute Gasteiger partial charge is 0.484 e. The summed E-state index contributed by atoms with van der Waals surface area (Å²) < 4.78 is 5.39. The lowest BCUT2D eigenvalue weighted by Crippen LogP contribution is -2.20. The number of ether oxygens (including phenoxy) is 1. The Morgan fingerprint density at radius 3 is 2.73 bits per heavy atom. The topological polar surface area (TPSA) is 115 Å².